The normalized spacial score (nSPS) is 18.2. The highest BCUT2D eigenvalue weighted by molar-refractivity contribution is 5.78. The molecule has 0 aliphatic carbocycles. The lowest BCUT2D eigenvalue weighted by atomic mass is 9.93. The SMILES string of the molecule is CN(C)C(=O)CCNC(=O)N1CCCC(CCC(=O)O)C1. The van der Waals surface area contributed by atoms with Crippen LogP contribution in [0.3, 0.4) is 0 Å². The molecule has 1 aliphatic rings. The van der Waals surface area contributed by atoms with Crippen LogP contribution in [-0.2, 0) is 9.59 Å². The van der Waals surface area contributed by atoms with E-state index in [9.17, 15) is 14.4 Å². The number of piperidine rings is 1. The highest BCUT2D eigenvalue weighted by Gasteiger charge is 2.23. The molecular weight excluding hydrogens is 274 g/mol. The van der Waals surface area contributed by atoms with Gasteiger partial charge in [0.2, 0.25) is 5.91 Å². The molecule has 7 nitrogen and oxygen atoms in total. The van der Waals surface area contributed by atoms with E-state index in [-0.39, 0.29) is 30.7 Å². The van der Waals surface area contributed by atoms with Gasteiger partial charge >= 0.3 is 12.0 Å². The number of amides is 3. The van der Waals surface area contributed by atoms with E-state index in [2.05, 4.69) is 5.32 Å². The summed E-state index contributed by atoms with van der Waals surface area (Å²) in [5.74, 6) is -0.559. The molecule has 1 rings (SSSR count). The number of nitrogens with zero attached hydrogens (tertiary/aromatic N) is 2. The molecule has 0 bridgehead atoms. The molecule has 3 amide bonds. The second-order valence-electron chi connectivity index (χ2n) is 5.66. The van der Waals surface area contributed by atoms with Gasteiger partial charge in [-0.15, -0.1) is 0 Å². The summed E-state index contributed by atoms with van der Waals surface area (Å²) in [6.07, 6.45) is 2.91. The number of aliphatic carboxylic acids is 1. The second kappa shape index (κ2) is 8.49. The number of carbonyl (C=O) groups is 3. The number of carboxylic acid groups (broad SMARTS) is 1. The van der Waals surface area contributed by atoms with E-state index in [4.69, 9.17) is 5.11 Å². The van der Waals surface area contributed by atoms with Crippen LogP contribution in [0.2, 0.25) is 0 Å². The molecule has 0 aromatic carbocycles. The van der Waals surface area contributed by atoms with Crippen molar-refractivity contribution in [1.29, 1.82) is 0 Å². The Morgan fingerprint density at radius 3 is 2.62 bits per heavy atom. The molecule has 21 heavy (non-hydrogen) atoms. The average molecular weight is 299 g/mol. The Balaban J connectivity index is 2.29. The maximum atomic E-state index is 12.0. The van der Waals surface area contributed by atoms with Crippen molar-refractivity contribution in [2.75, 3.05) is 33.7 Å². The average Bonchev–Trinajstić information content (AvgIpc) is 2.45. The first-order valence-electron chi connectivity index (χ1n) is 7.35. The van der Waals surface area contributed by atoms with E-state index in [0.717, 1.165) is 12.8 Å². The third-order valence-electron chi connectivity index (χ3n) is 3.69. The number of carbonyl (C=O) groups excluding carboxylic acids is 2. The van der Waals surface area contributed by atoms with Gasteiger partial charge < -0.3 is 20.2 Å². The maximum absolute atomic E-state index is 12.0. The molecule has 7 heteroatoms. The number of urea groups is 1. The number of carboxylic acids is 1. The summed E-state index contributed by atoms with van der Waals surface area (Å²) in [4.78, 5) is 37.2. The van der Waals surface area contributed by atoms with Crippen LogP contribution in [0, 0.1) is 5.92 Å². The van der Waals surface area contributed by atoms with Gasteiger partial charge in [0, 0.05) is 46.6 Å². The lowest BCUT2D eigenvalue weighted by Crippen LogP contribution is -2.46. The van der Waals surface area contributed by atoms with Crippen molar-refractivity contribution < 1.29 is 19.5 Å². The summed E-state index contributed by atoms with van der Waals surface area (Å²) >= 11 is 0. The highest BCUT2D eigenvalue weighted by Crippen LogP contribution is 2.20. The summed E-state index contributed by atoms with van der Waals surface area (Å²) in [6.45, 7) is 1.61. The molecule has 0 aromatic rings. The molecule has 1 aliphatic heterocycles. The molecule has 0 radical (unpaired) electrons. The van der Waals surface area contributed by atoms with E-state index in [1.165, 1.54) is 4.90 Å². The van der Waals surface area contributed by atoms with Crippen molar-refractivity contribution in [3.8, 4) is 0 Å². The van der Waals surface area contributed by atoms with Gasteiger partial charge in [0.25, 0.3) is 0 Å². The van der Waals surface area contributed by atoms with Crippen LogP contribution in [0.25, 0.3) is 0 Å². The largest absolute Gasteiger partial charge is 0.481 e. The van der Waals surface area contributed by atoms with Gasteiger partial charge in [-0.25, -0.2) is 4.79 Å². The van der Waals surface area contributed by atoms with E-state index in [1.807, 2.05) is 0 Å². The fourth-order valence-corrected chi connectivity index (χ4v) is 2.42. The molecule has 0 aromatic heterocycles. The van der Waals surface area contributed by atoms with Gasteiger partial charge in [0.05, 0.1) is 0 Å². The lowest BCUT2D eigenvalue weighted by molar-refractivity contribution is -0.137. The molecule has 120 valence electrons. The van der Waals surface area contributed by atoms with Crippen molar-refractivity contribution in [2.24, 2.45) is 5.92 Å². The van der Waals surface area contributed by atoms with Crippen molar-refractivity contribution >= 4 is 17.9 Å². The van der Waals surface area contributed by atoms with Crippen LogP contribution in [0.1, 0.15) is 32.1 Å². The summed E-state index contributed by atoms with van der Waals surface area (Å²) in [6, 6.07) is -0.165. The van der Waals surface area contributed by atoms with Crippen LogP contribution in [0.4, 0.5) is 4.79 Å². The van der Waals surface area contributed by atoms with Crippen LogP contribution in [0.5, 0.6) is 0 Å². The first-order chi connectivity index (χ1) is 9.90. The zero-order valence-electron chi connectivity index (χ0n) is 12.8. The summed E-state index contributed by atoms with van der Waals surface area (Å²) in [5.41, 5.74) is 0. The minimum absolute atomic E-state index is 0.0201. The van der Waals surface area contributed by atoms with Crippen LogP contribution >= 0.6 is 0 Å². The van der Waals surface area contributed by atoms with Crippen molar-refractivity contribution in [3.05, 3.63) is 0 Å². The third kappa shape index (κ3) is 6.46. The Hall–Kier alpha value is -1.79. The molecule has 1 unspecified atom stereocenters. The fraction of sp³-hybridized carbons (Fsp3) is 0.786. The van der Waals surface area contributed by atoms with Crippen LogP contribution < -0.4 is 5.32 Å². The maximum Gasteiger partial charge on any atom is 0.317 e. The molecule has 1 atom stereocenters. The van der Waals surface area contributed by atoms with E-state index >= 15 is 0 Å². The van der Waals surface area contributed by atoms with Crippen LogP contribution in [-0.4, -0.2) is 66.5 Å². The standard InChI is InChI=1S/C14H25N3O4/c1-16(2)12(18)7-8-15-14(21)17-9-3-4-11(10-17)5-6-13(19)20/h11H,3-10H2,1-2H3,(H,15,21)(H,19,20). The Morgan fingerprint density at radius 2 is 2.00 bits per heavy atom. The van der Waals surface area contributed by atoms with Gasteiger partial charge in [-0.05, 0) is 25.2 Å². The van der Waals surface area contributed by atoms with E-state index in [0.29, 0.717) is 26.1 Å². The van der Waals surface area contributed by atoms with E-state index in [1.54, 1.807) is 19.0 Å². The summed E-state index contributed by atoms with van der Waals surface area (Å²) < 4.78 is 0. The van der Waals surface area contributed by atoms with E-state index < -0.39 is 5.97 Å². The third-order valence-corrected chi connectivity index (χ3v) is 3.69. The first kappa shape index (κ1) is 17.3. The predicted molar refractivity (Wildman–Crippen MR) is 77.9 cm³/mol. The molecule has 2 N–H and O–H groups in total. The second-order valence-corrected chi connectivity index (χ2v) is 5.66. The molecule has 1 saturated heterocycles. The van der Waals surface area contributed by atoms with Gasteiger partial charge in [-0.3, -0.25) is 9.59 Å². The topological polar surface area (TPSA) is 90.0 Å². The minimum atomic E-state index is -0.793. The zero-order valence-corrected chi connectivity index (χ0v) is 12.8. The quantitative estimate of drug-likeness (QED) is 0.757. The van der Waals surface area contributed by atoms with Crippen molar-refractivity contribution in [2.45, 2.75) is 32.1 Å². The summed E-state index contributed by atoms with van der Waals surface area (Å²) in [5, 5.41) is 11.5. The number of nitrogens with one attached hydrogen (secondary N) is 1. The molecular formula is C14H25N3O4. The number of rotatable bonds is 6. The van der Waals surface area contributed by atoms with Crippen LogP contribution in [0.15, 0.2) is 0 Å². The first-order valence-corrected chi connectivity index (χ1v) is 7.35. The fourth-order valence-electron chi connectivity index (χ4n) is 2.42. The Bertz CT molecular complexity index is 384. The molecule has 0 saturated carbocycles. The number of likely N-dealkylation sites (tertiary alicyclic amines) is 1. The van der Waals surface area contributed by atoms with Gasteiger partial charge in [-0.1, -0.05) is 0 Å². The van der Waals surface area contributed by atoms with Gasteiger partial charge in [0.1, 0.15) is 0 Å². The van der Waals surface area contributed by atoms with Gasteiger partial charge in [0.15, 0.2) is 0 Å². The number of hydrogen-bond donors (Lipinski definition) is 2. The number of hydrogen-bond acceptors (Lipinski definition) is 3. The monoisotopic (exact) mass is 299 g/mol. The molecule has 0 spiro atoms. The molecule has 1 heterocycles. The molecule has 1 fully saturated rings. The summed E-state index contributed by atoms with van der Waals surface area (Å²) in [7, 11) is 3.36. The smallest absolute Gasteiger partial charge is 0.317 e. The van der Waals surface area contributed by atoms with Gasteiger partial charge in [-0.2, -0.15) is 0 Å². The lowest BCUT2D eigenvalue weighted by Gasteiger charge is -2.32. The van der Waals surface area contributed by atoms with Crippen molar-refractivity contribution in [1.82, 2.24) is 15.1 Å². The predicted octanol–water partition coefficient (Wildman–Crippen LogP) is 0.751. The Morgan fingerprint density at radius 1 is 1.29 bits per heavy atom. The Labute approximate surface area is 125 Å². The van der Waals surface area contributed by atoms with Crippen molar-refractivity contribution in [3.63, 3.8) is 0 Å². The highest BCUT2D eigenvalue weighted by atomic mass is 16.4. The minimum Gasteiger partial charge on any atom is -0.481 e. The zero-order chi connectivity index (χ0) is 15.8. The Kier molecular flexibility index (Phi) is 6.98.